The Balaban J connectivity index is 1.25. The van der Waals surface area contributed by atoms with Crippen LogP contribution >= 0.6 is 15.4 Å². The Bertz CT molecular complexity index is 3080. The van der Waals surface area contributed by atoms with E-state index >= 15 is 4.57 Å². The summed E-state index contributed by atoms with van der Waals surface area (Å²) in [5.41, 5.74) is -0.547. The van der Waals surface area contributed by atoms with Crippen molar-refractivity contribution in [3.8, 4) is 17.9 Å². The zero-order valence-corrected chi connectivity index (χ0v) is 41.4. The summed E-state index contributed by atoms with van der Waals surface area (Å²) in [7, 11) is -7.18. The molecule has 2 aromatic heterocycles. The normalized spacial score (nSPS) is 22.4. The minimum absolute atomic E-state index is 0.0843. The minimum atomic E-state index is -4.84. The number of nitriles is 2. The maximum atomic E-state index is 15.1. The van der Waals surface area contributed by atoms with E-state index in [0.717, 1.165) is 21.3 Å². The Kier molecular flexibility index (Phi) is 17.1. The van der Waals surface area contributed by atoms with Crippen molar-refractivity contribution in [1.82, 2.24) is 19.1 Å². The van der Waals surface area contributed by atoms with Crippen LogP contribution < -0.4 is 27.2 Å². The van der Waals surface area contributed by atoms with Crippen molar-refractivity contribution in [2.45, 2.75) is 88.9 Å². The number of methoxy groups -OCH3 is 1. The number of hydrogen-bond donors (Lipinski definition) is 2. The number of nitrogens with one attached hydrogen (secondary N) is 2. The molecule has 0 saturated carbocycles. The van der Waals surface area contributed by atoms with Crippen LogP contribution in [0.2, 0.25) is 0 Å². The zero-order valence-electron chi connectivity index (χ0n) is 39.6. The van der Waals surface area contributed by atoms with E-state index in [1.165, 1.54) is 37.5 Å². The lowest BCUT2D eigenvalue weighted by molar-refractivity contribution is -0.0959. The first-order valence-electron chi connectivity index (χ1n) is 22.6. The Hall–Kier alpha value is -6.06. The second kappa shape index (κ2) is 23.0. The van der Waals surface area contributed by atoms with Gasteiger partial charge in [-0.2, -0.15) is 10.5 Å². The second-order valence-electron chi connectivity index (χ2n) is 16.9. The molecule has 376 valence electrons. The predicted octanol–water partition coefficient (Wildman–Crippen LogP) is 6.18. The van der Waals surface area contributed by atoms with E-state index in [9.17, 15) is 29.0 Å². The van der Waals surface area contributed by atoms with Crippen LogP contribution in [0.5, 0.6) is 5.75 Å². The van der Waals surface area contributed by atoms with Crippen molar-refractivity contribution >= 4 is 15.4 Å². The van der Waals surface area contributed by atoms with Crippen molar-refractivity contribution in [3.05, 3.63) is 166 Å². The average molecular weight is 1020 g/mol. The third kappa shape index (κ3) is 12.5. The topological polar surface area (TPSA) is 275 Å². The van der Waals surface area contributed by atoms with Gasteiger partial charge in [0.15, 0.2) is 0 Å². The lowest BCUT2D eigenvalue weighted by Crippen LogP contribution is -2.38. The first-order valence-corrected chi connectivity index (χ1v) is 26.0. The SMILES string of the molecule is COc1ccc(C(OC[C@H]2O[C@@H](n3cc(C)c(=O)[nH]c3=O)CC2OP(=O)(OCCC#N)OC[C@H]2O[C@@H](n3cc(C)c(=O)[nH]c3=O)CC2OP(C)(=O)OCCC#N)(c2ccccc2)c2ccc(C)cc2)cc1. The van der Waals surface area contributed by atoms with Gasteiger partial charge in [-0.05, 0) is 49.6 Å². The lowest BCUT2D eigenvalue weighted by Gasteiger charge is -2.37. The van der Waals surface area contributed by atoms with E-state index in [2.05, 4.69) is 9.97 Å². The van der Waals surface area contributed by atoms with Crippen molar-refractivity contribution in [3.63, 3.8) is 0 Å². The van der Waals surface area contributed by atoms with E-state index in [-0.39, 0.29) is 50.0 Å². The smallest absolute Gasteiger partial charge is 0.475 e. The number of aromatic amines is 2. The summed E-state index contributed by atoms with van der Waals surface area (Å²) < 4.78 is 85.7. The zero-order chi connectivity index (χ0) is 50.9. The molecular weight excluding hydrogens is 963 g/mol. The highest BCUT2D eigenvalue weighted by Gasteiger charge is 2.48. The Morgan fingerprint density at radius 2 is 1.17 bits per heavy atom. The van der Waals surface area contributed by atoms with Gasteiger partial charge in [-0.25, -0.2) is 14.2 Å². The molecule has 0 aliphatic carbocycles. The van der Waals surface area contributed by atoms with Crippen LogP contribution in [0.1, 0.15) is 71.5 Å². The summed E-state index contributed by atoms with van der Waals surface area (Å²) in [5, 5.41) is 18.5. The molecule has 23 heteroatoms. The lowest BCUT2D eigenvalue weighted by atomic mass is 9.79. The number of phosphoric acid groups is 1. The maximum absolute atomic E-state index is 15.1. The molecule has 5 aromatic rings. The van der Waals surface area contributed by atoms with Gasteiger partial charge in [0.1, 0.15) is 42.1 Å². The molecule has 3 aromatic carbocycles. The van der Waals surface area contributed by atoms with Gasteiger partial charge in [0.25, 0.3) is 11.1 Å². The average Bonchev–Trinajstić information content (AvgIpc) is 3.94. The molecule has 2 aliphatic heterocycles. The van der Waals surface area contributed by atoms with Gasteiger partial charge in [0.05, 0.1) is 64.6 Å². The number of benzene rings is 3. The molecule has 0 radical (unpaired) electrons. The van der Waals surface area contributed by atoms with Crippen molar-refractivity contribution < 1.29 is 50.7 Å². The third-order valence-electron chi connectivity index (χ3n) is 11.9. The summed E-state index contributed by atoms with van der Waals surface area (Å²) >= 11 is 0. The summed E-state index contributed by atoms with van der Waals surface area (Å²) in [5.74, 6) is 0.605. The quantitative estimate of drug-likeness (QED) is 0.0445. The molecule has 2 N–H and O–H groups in total. The molecule has 2 fully saturated rings. The van der Waals surface area contributed by atoms with Crippen molar-refractivity contribution in [1.29, 1.82) is 10.5 Å². The maximum Gasteiger partial charge on any atom is 0.475 e. The molecule has 2 saturated heterocycles. The fourth-order valence-electron chi connectivity index (χ4n) is 8.27. The Labute approximate surface area is 407 Å². The van der Waals surface area contributed by atoms with E-state index < -0.39 is 93.6 Å². The van der Waals surface area contributed by atoms with E-state index in [4.69, 9.17) is 46.8 Å². The molecule has 0 spiro atoms. The number of rotatable bonds is 22. The number of nitrogens with zero attached hydrogens (tertiary/aromatic N) is 4. The van der Waals surface area contributed by atoms with Gasteiger partial charge in [-0.15, -0.1) is 0 Å². The molecule has 71 heavy (non-hydrogen) atoms. The van der Waals surface area contributed by atoms with Crippen LogP contribution in [0.15, 0.2) is 110 Å². The van der Waals surface area contributed by atoms with Crippen LogP contribution in [0.25, 0.3) is 0 Å². The molecule has 7 rings (SSSR count). The first kappa shape index (κ1) is 52.8. The van der Waals surface area contributed by atoms with Crippen LogP contribution in [-0.2, 0) is 51.6 Å². The molecule has 5 unspecified atom stereocenters. The summed E-state index contributed by atoms with van der Waals surface area (Å²) in [6, 6.07) is 28.5. The van der Waals surface area contributed by atoms with E-state index in [1.54, 1.807) is 7.11 Å². The van der Waals surface area contributed by atoms with Crippen LogP contribution in [0.3, 0.4) is 0 Å². The van der Waals surface area contributed by atoms with Gasteiger partial charge in [0, 0.05) is 43.0 Å². The number of H-pyrrole nitrogens is 2. The summed E-state index contributed by atoms with van der Waals surface area (Å²) in [6.45, 7) is 4.60. The van der Waals surface area contributed by atoms with Gasteiger partial charge >= 0.3 is 26.8 Å². The molecule has 2 aliphatic rings. The monoisotopic (exact) mass is 1020 g/mol. The fourth-order valence-corrected chi connectivity index (χ4v) is 10.9. The van der Waals surface area contributed by atoms with Crippen LogP contribution in [-0.4, -0.2) is 83.7 Å². The van der Waals surface area contributed by atoms with Crippen molar-refractivity contribution in [2.75, 3.05) is 40.2 Å². The molecule has 9 atom stereocenters. The van der Waals surface area contributed by atoms with Crippen LogP contribution in [0.4, 0.5) is 0 Å². The number of ether oxygens (including phenoxy) is 4. The minimum Gasteiger partial charge on any atom is -0.497 e. The third-order valence-corrected chi connectivity index (χ3v) is 14.7. The van der Waals surface area contributed by atoms with Gasteiger partial charge in [-0.3, -0.25) is 46.8 Å². The van der Waals surface area contributed by atoms with Crippen molar-refractivity contribution in [2.24, 2.45) is 0 Å². The first-order chi connectivity index (χ1) is 34.0. The highest BCUT2D eigenvalue weighted by Crippen LogP contribution is 2.55. The highest BCUT2D eigenvalue weighted by atomic mass is 31.2. The molecular formula is C48H54N6O15P2. The molecule has 4 heterocycles. The number of phosphoric ester groups is 1. The fraction of sp³-hybridized carbons (Fsp3) is 0.417. The number of hydrogen-bond acceptors (Lipinski definition) is 17. The Morgan fingerprint density at radius 1 is 0.676 bits per heavy atom. The summed E-state index contributed by atoms with van der Waals surface area (Å²) in [6.07, 6.45) is -5.04. The molecule has 21 nitrogen and oxygen atoms in total. The number of aromatic nitrogens is 4. The second-order valence-corrected chi connectivity index (χ2v) is 20.6. The Morgan fingerprint density at radius 3 is 1.70 bits per heavy atom. The van der Waals surface area contributed by atoms with Gasteiger partial charge < -0.3 is 28.0 Å². The standard InChI is InChI=1S/C48H54N6O15P2/c1-31-13-15-35(16-14-31)48(34-11-7-6-8-12-34,36-17-19-37(61-4)20-18-36)62-29-40-39(26-43(66-40)54-28-33(3)45(56)52-47(54)58)69-71(60,64-24-10-22-50)65-30-41-38(68-70(5,59)63-23-9-21-49)25-42(67-41)53-27-32(2)44(55)51-46(53)57/h6-8,11-20,27-28,38-43H,9-10,23-26,29-30H2,1-5H3,(H,51,55,57)(H,52,56,58)/t38?,39?,40-,41-,42-,43-,48?,70?,71?/m1/s1. The largest absolute Gasteiger partial charge is 0.497 e. The molecule has 0 bridgehead atoms. The van der Waals surface area contributed by atoms with Gasteiger partial charge in [-0.1, -0.05) is 72.3 Å². The van der Waals surface area contributed by atoms with Gasteiger partial charge in [0.2, 0.25) is 0 Å². The van der Waals surface area contributed by atoms with E-state index in [1.807, 2.05) is 97.9 Å². The highest BCUT2D eigenvalue weighted by molar-refractivity contribution is 7.53. The van der Waals surface area contributed by atoms with E-state index in [0.29, 0.717) is 11.3 Å². The predicted molar refractivity (Wildman–Crippen MR) is 255 cm³/mol. The molecule has 0 amide bonds. The summed E-state index contributed by atoms with van der Waals surface area (Å²) in [4.78, 5) is 55.6. The number of aryl methyl sites for hydroxylation is 3. The van der Waals surface area contributed by atoms with Crippen LogP contribution in [0, 0.1) is 43.4 Å².